The van der Waals surface area contributed by atoms with Crippen molar-refractivity contribution in [2.45, 2.75) is 86.2 Å². The van der Waals surface area contributed by atoms with Gasteiger partial charge in [0.05, 0.1) is 12.2 Å². The predicted molar refractivity (Wildman–Crippen MR) is 149 cm³/mol. The van der Waals surface area contributed by atoms with Crippen LogP contribution in [0.3, 0.4) is 0 Å². The van der Waals surface area contributed by atoms with Gasteiger partial charge >= 0.3 is 5.63 Å². The second kappa shape index (κ2) is 15.6. The second-order valence-electron chi connectivity index (χ2n) is 8.08. The van der Waals surface area contributed by atoms with Crippen molar-refractivity contribution < 1.29 is 14.3 Å². The van der Waals surface area contributed by atoms with Gasteiger partial charge in [0.15, 0.2) is 0 Å². The van der Waals surface area contributed by atoms with Crippen LogP contribution >= 0.6 is 11.3 Å². The third-order valence-electron chi connectivity index (χ3n) is 5.89. The molecule has 1 fully saturated rings. The van der Waals surface area contributed by atoms with Gasteiger partial charge in [-0.15, -0.1) is 11.3 Å². The van der Waals surface area contributed by atoms with E-state index in [9.17, 15) is 9.90 Å². The molecule has 1 aliphatic carbocycles. The number of thiophene rings is 1. The Labute approximate surface area is 216 Å². The van der Waals surface area contributed by atoms with E-state index in [0.29, 0.717) is 23.8 Å². The van der Waals surface area contributed by atoms with E-state index in [1.54, 1.807) is 24.5 Å². The average Bonchev–Trinajstić information content (AvgIpc) is 3.60. The van der Waals surface area contributed by atoms with E-state index in [4.69, 9.17) is 9.15 Å². The maximum absolute atomic E-state index is 13.1. The molecule has 1 aliphatic rings. The van der Waals surface area contributed by atoms with Crippen LogP contribution < -0.4 is 5.63 Å². The van der Waals surface area contributed by atoms with E-state index in [2.05, 4.69) is 25.1 Å². The summed E-state index contributed by atoms with van der Waals surface area (Å²) in [6.45, 7) is 10.6. The minimum absolute atomic E-state index is 0. The van der Waals surface area contributed by atoms with E-state index in [1.807, 2.05) is 52.0 Å². The Morgan fingerprint density at radius 1 is 1.09 bits per heavy atom. The minimum Gasteiger partial charge on any atom is -0.507 e. The Balaban J connectivity index is 0.00000117. The van der Waals surface area contributed by atoms with Crippen LogP contribution in [-0.2, 0) is 17.8 Å². The zero-order valence-corrected chi connectivity index (χ0v) is 22.3. The van der Waals surface area contributed by atoms with Crippen LogP contribution in [0, 0.1) is 5.92 Å². The quantitative estimate of drug-likeness (QED) is 0.320. The highest BCUT2D eigenvalue weighted by atomic mass is 32.1. The van der Waals surface area contributed by atoms with Gasteiger partial charge in [-0.1, -0.05) is 72.4 Å². The van der Waals surface area contributed by atoms with Gasteiger partial charge in [-0.25, -0.2) is 4.79 Å². The molecule has 2 unspecified atom stereocenters. The third kappa shape index (κ3) is 8.08. The van der Waals surface area contributed by atoms with Crippen molar-refractivity contribution in [3.63, 3.8) is 0 Å². The first kappa shape index (κ1) is 30.7. The lowest BCUT2D eigenvalue weighted by Gasteiger charge is -2.18. The summed E-state index contributed by atoms with van der Waals surface area (Å²) >= 11 is 1.65. The molecule has 2 aromatic heterocycles. The summed E-state index contributed by atoms with van der Waals surface area (Å²) in [5, 5.41) is 10.9. The second-order valence-corrected chi connectivity index (χ2v) is 9.28. The van der Waals surface area contributed by atoms with Crippen LogP contribution in [0.2, 0.25) is 0 Å². The molecular weight excluding hydrogens is 456 g/mol. The molecule has 1 aromatic carbocycles. The molecule has 3 aromatic rings. The molecule has 0 spiro atoms. The lowest BCUT2D eigenvalue weighted by molar-refractivity contribution is 0.187. The summed E-state index contributed by atoms with van der Waals surface area (Å²) in [6.07, 6.45) is 3.73. The van der Waals surface area contributed by atoms with Gasteiger partial charge in [-0.05, 0) is 49.3 Å². The molecule has 0 amide bonds. The number of rotatable bonds is 9. The summed E-state index contributed by atoms with van der Waals surface area (Å²) in [7, 11) is 1.68. The molecule has 0 bridgehead atoms. The molecule has 0 saturated heterocycles. The molecule has 0 radical (unpaired) electrons. The molecule has 4 rings (SSSR count). The Morgan fingerprint density at radius 3 is 2.29 bits per heavy atom. The standard InChI is InChI=1S/C25H28O4S.2C2H6.CH4/c1-3-17(13-16-7-5-4-6-8-16)21-14-20(26)24(25(27)29-21)23(18-9-10-18)22-12-11-19(30-22)15-28-2;2*1-2;/h4-8,11-12,14,17-18,23,26H,3,9-10,13,15H2,1-2H3;2*1-2H3;1H4. The topological polar surface area (TPSA) is 59.7 Å². The van der Waals surface area contributed by atoms with Gasteiger partial charge in [0.25, 0.3) is 0 Å². The van der Waals surface area contributed by atoms with Crippen molar-refractivity contribution in [1.29, 1.82) is 0 Å². The van der Waals surface area contributed by atoms with Crippen LogP contribution in [0.5, 0.6) is 5.75 Å². The van der Waals surface area contributed by atoms with Gasteiger partial charge in [0.2, 0.25) is 0 Å². The smallest absolute Gasteiger partial charge is 0.343 e. The molecule has 1 N–H and O–H groups in total. The molecule has 5 heteroatoms. The lowest BCUT2D eigenvalue weighted by Crippen LogP contribution is -2.17. The first-order valence-corrected chi connectivity index (χ1v) is 13.4. The lowest BCUT2D eigenvalue weighted by atomic mass is 9.90. The summed E-state index contributed by atoms with van der Waals surface area (Å²) in [5.74, 6) is 0.944. The fourth-order valence-corrected chi connectivity index (χ4v) is 5.35. The average molecular weight is 501 g/mol. The number of hydrogen-bond acceptors (Lipinski definition) is 5. The first-order chi connectivity index (χ1) is 16.6. The highest BCUT2D eigenvalue weighted by Gasteiger charge is 2.38. The third-order valence-corrected chi connectivity index (χ3v) is 7.03. The number of ether oxygens (including phenoxy) is 1. The fraction of sp³-hybridized carbons (Fsp3) is 0.500. The molecular formula is C30H44O4S. The van der Waals surface area contributed by atoms with Gasteiger partial charge < -0.3 is 14.3 Å². The van der Waals surface area contributed by atoms with E-state index >= 15 is 0 Å². The maximum Gasteiger partial charge on any atom is 0.343 e. The normalized spacial score (nSPS) is 13.9. The number of methoxy groups -OCH3 is 1. The Bertz CT molecular complexity index is 1030. The number of benzene rings is 1. The van der Waals surface area contributed by atoms with E-state index in [1.165, 1.54) is 5.56 Å². The minimum atomic E-state index is -0.407. The van der Waals surface area contributed by atoms with Gasteiger partial charge in [0, 0.05) is 34.8 Å². The Kier molecular flexibility index (Phi) is 13.7. The highest BCUT2D eigenvalue weighted by molar-refractivity contribution is 7.12. The summed E-state index contributed by atoms with van der Waals surface area (Å²) < 4.78 is 11.0. The van der Waals surface area contributed by atoms with Crippen molar-refractivity contribution >= 4 is 11.3 Å². The zero-order chi connectivity index (χ0) is 25.1. The highest BCUT2D eigenvalue weighted by Crippen LogP contribution is 2.49. The van der Waals surface area contributed by atoms with Crippen molar-refractivity contribution in [3.05, 3.63) is 85.6 Å². The van der Waals surface area contributed by atoms with Crippen molar-refractivity contribution in [2.75, 3.05) is 7.11 Å². The first-order valence-electron chi connectivity index (χ1n) is 12.6. The van der Waals surface area contributed by atoms with Gasteiger partial charge in [0.1, 0.15) is 11.5 Å². The van der Waals surface area contributed by atoms with Crippen LogP contribution in [0.4, 0.5) is 0 Å². The Morgan fingerprint density at radius 2 is 1.74 bits per heavy atom. The van der Waals surface area contributed by atoms with Crippen molar-refractivity contribution in [3.8, 4) is 5.75 Å². The van der Waals surface area contributed by atoms with Crippen molar-refractivity contribution in [1.82, 2.24) is 0 Å². The zero-order valence-electron chi connectivity index (χ0n) is 21.5. The molecule has 2 heterocycles. The Hall–Kier alpha value is -2.37. The van der Waals surface area contributed by atoms with Gasteiger partial charge in [-0.2, -0.15) is 0 Å². The SMILES string of the molecule is C.CC.CC.CCC(Cc1ccccc1)c1cc(O)c(C(c2ccc(COC)s2)C2CC2)c(=O)o1. The molecule has 0 aliphatic heterocycles. The fourth-order valence-electron chi connectivity index (χ4n) is 4.16. The number of aromatic hydroxyl groups is 1. The van der Waals surface area contributed by atoms with Crippen LogP contribution in [-0.4, -0.2) is 12.2 Å². The summed E-state index contributed by atoms with van der Waals surface area (Å²) in [6, 6.07) is 15.9. The maximum atomic E-state index is 13.1. The van der Waals surface area contributed by atoms with Gasteiger partial charge in [-0.3, -0.25) is 0 Å². The monoisotopic (exact) mass is 500 g/mol. The van der Waals surface area contributed by atoms with Crippen LogP contribution in [0.1, 0.15) is 99.8 Å². The van der Waals surface area contributed by atoms with E-state index in [0.717, 1.165) is 35.4 Å². The molecule has 2 atom stereocenters. The molecule has 194 valence electrons. The number of hydrogen-bond donors (Lipinski definition) is 1. The predicted octanol–water partition coefficient (Wildman–Crippen LogP) is 8.52. The molecule has 1 saturated carbocycles. The largest absolute Gasteiger partial charge is 0.507 e. The van der Waals surface area contributed by atoms with Crippen LogP contribution in [0.25, 0.3) is 0 Å². The van der Waals surface area contributed by atoms with E-state index in [-0.39, 0.29) is 25.0 Å². The van der Waals surface area contributed by atoms with Crippen LogP contribution in [0.15, 0.2) is 57.7 Å². The molecule has 35 heavy (non-hydrogen) atoms. The summed E-state index contributed by atoms with van der Waals surface area (Å²) in [5.41, 5.74) is 1.19. The van der Waals surface area contributed by atoms with Crippen molar-refractivity contribution in [2.24, 2.45) is 5.92 Å². The van der Waals surface area contributed by atoms with E-state index < -0.39 is 5.63 Å². The molecule has 4 nitrogen and oxygen atoms in total. The summed E-state index contributed by atoms with van der Waals surface area (Å²) in [4.78, 5) is 15.3.